The highest BCUT2D eigenvalue weighted by Gasteiger charge is 2.30. The molecular formula is C8H9ClN2O4S. The number of nitrogens with zero attached hydrogens (tertiary/aromatic N) is 2. The summed E-state index contributed by atoms with van der Waals surface area (Å²) in [6, 6.07) is -0.190. The SMILES string of the molecule is Cn1cc(S(=O)(=O)Cl)c(=O)n(C2CC2)c1=O. The fraction of sp³-hybridized carbons (Fsp3) is 0.500. The Morgan fingerprint density at radius 2 is 1.94 bits per heavy atom. The van der Waals surface area contributed by atoms with Crippen LogP contribution < -0.4 is 11.2 Å². The molecule has 1 aromatic rings. The third-order valence-electron chi connectivity index (χ3n) is 2.42. The molecule has 0 bridgehead atoms. The van der Waals surface area contributed by atoms with E-state index in [9.17, 15) is 18.0 Å². The van der Waals surface area contributed by atoms with Gasteiger partial charge in [-0.1, -0.05) is 0 Å². The predicted octanol–water partition coefficient (Wildman–Crippen LogP) is -0.191. The van der Waals surface area contributed by atoms with E-state index in [0.717, 1.165) is 15.3 Å². The second-order valence-electron chi connectivity index (χ2n) is 3.73. The molecule has 1 heterocycles. The van der Waals surface area contributed by atoms with Crippen LogP contribution in [0.15, 0.2) is 20.7 Å². The van der Waals surface area contributed by atoms with E-state index < -0.39 is 25.2 Å². The average molecular weight is 265 g/mol. The maximum Gasteiger partial charge on any atom is 0.331 e. The standard InChI is InChI=1S/C8H9ClN2O4S/c1-10-4-6(16(9,14)15)7(12)11(8(10)13)5-2-3-5/h4-5H,2-3H2,1H3. The second-order valence-corrected chi connectivity index (χ2v) is 6.27. The van der Waals surface area contributed by atoms with Crippen LogP contribution in [0.5, 0.6) is 0 Å². The lowest BCUT2D eigenvalue weighted by Crippen LogP contribution is -2.40. The van der Waals surface area contributed by atoms with E-state index in [0.29, 0.717) is 12.8 Å². The van der Waals surface area contributed by atoms with Gasteiger partial charge in [-0.25, -0.2) is 13.2 Å². The molecule has 0 saturated heterocycles. The van der Waals surface area contributed by atoms with Gasteiger partial charge in [-0.15, -0.1) is 0 Å². The molecular weight excluding hydrogens is 256 g/mol. The normalized spacial score (nSPS) is 16.4. The van der Waals surface area contributed by atoms with E-state index in [1.54, 1.807) is 0 Å². The van der Waals surface area contributed by atoms with Gasteiger partial charge in [-0.05, 0) is 12.8 Å². The summed E-state index contributed by atoms with van der Waals surface area (Å²) in [5.41, 5.74) is -1.35. The first-order valence-electron chi connectivity index (χ1n) is 4.59. The maximum atomic E-state index is 11.8. The van der Waals surface area contributed by atoms with Gasteiger partial charge in [0.2, 0.25) is 0 Å². The quantitative estimate of drug-likeness (QED) is 0.694. The lowest BCUT2D eigenvalue weighted by atomic mass is 10.5. The molecule has 0 N–H and O–H groups in total. The summed E-state index contributed by atoms with van der Waals surface area (Å²) < 4.78 is 24.3. The van der Waals surface area contributed by atoms with Crippen molar-refractivity contribution in [2.45, 2.75) is 23.8 Å². The van der Waals surface area contributed by atoms with Crippen molar-refractivity contribution in [3.63, 3.8) is 0 Å². The highest BCUT2D eigenvalue weighted by molar-refractivity contribution is 8.13. The van der Waals surface area contributed by atoms with Crippen LogP contribution in [0.3, 0.4) is 0 Å². The lowest BCUT2D eigenvalue weighted by Gasteiger charge is -2.07. The summed E-state index contributed by atoms with van der Waals surface area (Å²) in [5.74, 6) is 0. The van der Waals surface area contributed by atoms with E-state index >= 15 is 0 Å². The molecule has 6 nitrogen and oxygen atoms in total. The molecule has 1 fully saturated rings. The van der Waals surface area contributed by atoms with Crippen molar-refractivity contribution in [3.05, 3.63) is 27.0 Å². The lowest BCUT2D eigenvalue weighted by molar-refractivity contribution is 0.572. The third kappa shape index (κ3) is 1.80. The van der Waals surface area contributed by atoms with E-state index in [1.165, 1.54) is 7.05 Å². The van der Waals surface area contributed by atoms with Gasteiger partial charge in [-0.3, -0.25) is 9.36 Å². The molecule has 1 aliphatic rings. The largest absolute Gasteiger partial charge is 0.331 e. The van der Waals surface area contributed by atoms with Crippen LogP contribution in [0.4, 0.5) is 0 Å². The minimum atomic E-state index is -4.12. The minimum Gasteiger partial charge on any atom is -0.302 e. The van der Waals surface area contributed by atoms with Gasteiger partial charge in [0.05, 0.1) is 0 Å². The van der Waals surface area contributed by atoms with Gasteiger partial charge in [-0.2, -0.15) is 0 Å². The average Bonchev–Trinajstić information content (AvgIpc) is 2.93. The molecule has 8 heteroatoms. The number of hydrogen-bond donors (Lipinski definition) is 0. The van der Waals surface area contributed by atoms with E-state index in [-0.39, 0.29) is 6.04 Å². The van der Waals surface area contributed by atoms with Crippen LogP contribution in [0, 0.1) is 0 Å². The van der Waals surface area contributed by atoms with Crippen LogP contribution in [-0.4, -0.2) is 17.6 Å². The predicted molar refractivity (Wildman–Crippen MR) is 57.3 cm³/mol. The topological polar surface area (TPSA) is 78.1 Å². The Morgan fingerprint density at radius 3 is 2.38 bits per heavy atom. The Bertz CT molecular complexity index is 654. The molecule has 2 rings (SSSR count). The van der Waals surface area contributed by atoms with E-state index in [1.807, 2.05) is 0 Å². The van der Waals surface area contributed by atoms with Crippen molar-refractivity contribution in [3.8, 4) is 0 Å². The van der Waals surface area contributed by atoms with Gasteiger partial charge in [0.1, 0.15) is 0 Å². The number of aromatic nitrogens is 2. The molecule has 0 amide bonds. The Labute approximate surface area is 95.5 Å². The Hall–Kier alpha value is -1.08. The van der Waals surface area contributed by atoms with Crippen LogP contribution in [0.25, 0.3) is 0 Å². The fourth-order valence-corrected chi connectivity index (χ4v) is 2.39. The van der Waals surface area contributed by atoms with Crippen molar-refractivity contribution in [2.75, 3.05) is 0 Å². The monoisotopic (exact) mass is 264 g/mol. The number of aryl methyl sites for hydroxylation is 1. The smallest absolute Gasteiger partial charge is 0.302 e. The molecule has 0 aromatic carbocycles. The fourth-order valence-electron chi connectivity index (χ4n) is 1.48. The van der Waals surface area contributed by atoms with E-state index in [2.05, 4.69) is 0 Å². The second kappa shape index (κ2) is 3.46. The molecule has 1 aliphatic carbocycles. The Morgan fingerprint density at radius 1 is 1.38 bits per heavy atom. The molecule has 1 aromatic heterocycles. The highest BCUT2D eigenvalue weighted by Crippen LogP contribution is 2.32. The zero-order valence-electron chi connectivity index (χ0n) is 8.38. The molecule has 88 valence electrons. The van der Waals surface area contributed by atoms with Crippen molar-refractivity contribution in [2.24, 2.45) is 7.05 Å². The number of rotatable bonds is 2. The zero-order chi connectivity index (χ0) is 12.1. The summed E-state index contributed by atoms with van der Waals surface area (Å²) in [5, 5.41) is 0. The molecule has 0 unspecified atom stereocenters. The van der Waals surface area contributed by atoms with Crippen LogP contribution in [0.2, 0.25) is 0 Å². The molecule has 0 aliphatic heterocycles. The first kappa shape index (κ1) is 11.4. The first-order chi connectivity index (χ1) is 7.32. The van der Waals surface area contributed by atoms with Crippen LogP contribution in [-0.2, 0) is 16.1 Å². The summed E-state index contributed by atoms with van der Waals surface area (Å²) in [4.78, 5) is 22.8. The van der Waals surface area contributed by atoms with Crippen molar-refractivity contribution < 1.29 is 8.42 Å². The van der Waals surface area contributed by atoms with Gasteiger partial charge in [0.15, 0.2) is 4.90 Å². The summed E-state index contributed by atoms with van der Waals surface area (Å²) >= 11 is 0. The molecule has 0 radical (unpaired) electrons. The van der Waals surface area contributed by atoms with Crippen molar-refractivity contribution in [1.82, 2.24) is 9.13 Å². The van der Waals surface area contributed by atoms with Gasteiger partial charge in [0.25, 0.3) is 14.6 Å². The summed E-state index contributed by atoms with van der Waals surface area (Å²) in [6.07, 6.45) is 2.37. The minimum absolute atomic E-state index is 0.190. The van der Waals surface area contributed by atoms with Gasteiger partial charge >= 0.3 is 5.69 Å². The number of hydrogen-bond acceptors (Lipinski definition) is 4. The molecule has 0 spiro atoms. The highest BCUT2D eigenvalue weighted by atomic mass is 35.7. The number of halogens is 1. The Balaban J connectivity index is 2.85. The third-order valence-corrected chi connectivity index (χ3v) is 3.73. The van der Waals surface area contributed by atoms with Crippen LogP contribution >= 0.6 is 10.7 Å². The molecule has 16 heavy (non-hydrogen) atoms. The van der Waals surface area contributed by atoms with Gasteiger partial charge < -0.3 is 4.57 Å². The molecule has 0 atom stereocenters. The zero-order valence-corrected chi connectivity index (χ0v) is 9.95. The van der Waals surface area contributed by atoms with Crippen molar-refractivity contribution >= 4 is 19.7 Å². The van der Waals surface area contributed by atoms with Gasteiger partial charge in [0, 0.05) is 30.0 Å². The molecule has 1 saturated carbocycles. The van der Waals surface area contributed by atoms with E-state index in [4.69, 9.17) is 10.7 Å². The summed E-state index contributed by atoms with van der Waals surface area (Å²) in [6.45, 7) is 0. The van der Waals surface area contributed by atoms with Crippen LogP contribution in [0.1, 0.15) is 18.9 Å². The maximum absolute atomic E-state index is 11.8. The summed E-state index contributed by atoms with van der Waals surface area (Å²) in [7, 11) is 2.39. The van der Waals surface area contributed by atoms with Crippen molar-refractivity contribution in [1.29, 1.82) is 0 Å². The Kier molecular flexibility index (Phi) is 2.47. The first-order valence-corrected chi connectivity index (χ1v) is 6.90.